The SMILES string of the molecule is CCN1CCC(C(=O)O)(c2ccccc2)CC1c1ccccc1. The predicted octanol–water partition coefficient (Wildman–Crippen LogP) is 3.87. The van der Waals surface area contributed by atoms with Gasteiger partial charge in [0.2, 0.25) is 0 Å². The number of carboxylic acids is 1. The van der Waals surface area contributed by atoms with Crippen LogP contribution in [0.25, 0.3) is 0 Å². The van der Waals surface area contributed by atoms with Gasteiger partial charge in [-0.05, 0) is 30.5 Å². The molecule has 2 unspecified atom stereocenters. The van der Waals surface area contributed by atoms with Gasteiger partial charge in [0, 0.05) is 12.6 Å². The van der Waals surface area contributed by atoms with Gasteiger partial charge in [-0.25, -0.2) is 0 Å². The summed E-state index contributed by atoms with van der Waals surface area (Å²) in [5.74, 6) is -0.708. The first-order valence-electron chi connectivity index (χ1n) is 8.25. The first kappa shape index (κ1) is 15.8. The lowest BCUT2D eigenvalue weighted by molar-refractivity contribution is -0.147. The van der Waals surface area contributed by atoms with Gasteiger partial charge < -0.3 is 5.11 Å². The van der Waals surface area contributed by atoms with Gasteiger partial charge in [-0.15, -0.1) is 0 Å². The number of rotatable bonds is 4. The first-order chi connectivity index (χ1) is 11.2. The maximum Gasteiger partial charge on any atom is 0.314 e. The Labute approximate surface area is 137 Å². The zero-order valence-electron chi connectivity index (χ0n) is 13.5. The minimum absolute atomic E-state index is 0.145. The normalized spacial score (nSPS) is 25.2. The minimum Gasteiger partial charge on any atom is -0.481 e. The van der Waals surface area contributed by atoms with E-state index in [1.165, 1.54) is 5.56 Å². The molecule has 0 radical (unpaired) electrons. The molecular weight excluding hydrogens is 286 g/mol. The maximum absolute atomic E-state index is 12.2. The zero-order valence-corrected chi connectivity index (χ0v) is 13.5. The lowest BCUT2D eigenvalue weighted by Crippen LogP contribution is -2.48. The van der Waals surface area contributed by atoms with Gasteiger partial charge in [0.1, 0.15) is 0 Å². The van der Waals surface area contributed by atoms with Crippen LogP contribution in [0.3, 0.4) is 0 Å². The summed E-state index contributed by atoms with van der Waals surface area (Å²) in [6.07, 6.45) is 1.27. The van der Waals surface area contributed by atoms with Gasteiger partial charge in [-0.2, -0.15) is 0 Å². The molecule has 3 nitrogen and oxygen atoms in total. The Kier molecular flexibility index (Phi) is 4.49. The fourth-order valence-corrected chi connectivity index (χ4v) is 3.77. The Hall–Kier alpha value is -2.13. The van der Waals surface area contributed by atoms with Crippen molar-refractivity contribution in [3.05, 3.63) is 71.8 Å². The molecule has 23 heavy (non-hydrogen) atoms. The smallest absolute Gasteiger partial charge is 0.314 e. The summed E-state index contributed by atoms with van der Waals surface area (Å²) in [6, 6.07) is 20.1. The quantitative estimate of drug-likeness (QED) is 0.932. The fourth-order valence-electron chi connectivity index (χ4n) is 3.77. The summed E-state index contributed by atoms with van der Waals surface area (Å²) in [4.78, 5) is 14.6. The van der Waals surface area contributed by atoms with Gasteiger partial charge in [-0.3, -0.25) is 9.69 Å². The van der Waals surface area contributed by atoms with Crippen molar-refractivity contribution >= 4 is 5.97 Å². The Balaban J connectivity index is 2.02. The molecule has 0 amide bonds. The summed E-state index contributed by atoms with van der Waals surface area (Å²) in [5.41, 5.74) is 1.33. The Morgan fingerprint density at radius 1 is 1.13 bits per heavy atom. The van der Waals surface area contributed by atoms with Crippen molar-refractivity contribution in [3.63, 3.8) is 0 Å². The molecule has 2 aromatic carbocycles. The minimum atomic E-state index is -0.798. The van der Waals surface area contributed by atoms with Crippen molar-refractivity contribution in [2.75, 3.05) is 13.1 Å². The van der Waals surface area contributed by atoms with Crippen LogP contribution in [0.5, 0.6) is 0 Å². The molecule has 0 aromatic heterocycles. The van der Waals surface area contributed by atoms with E-state index < -0.39 is 11.4 Å². The lowest BCUT2D eigenvalue weighted by Gasteiger charge is -2.44. The summed E-state index contributed by atoms with van der Waals surface area (Å²) in [6.45, 7) is 3.88. The van der Waals surface area contributed by atoms with Crippen LogP contribution in [0.2, 0.25) is 0 Å². The van der Waals surface area contributed by atoms with E-state index in [4.69, 9.17) is 0 Å². The number of hydrogen-bond donors (Lipinski definition) is 1. The molecular formula is C20H23NO2. The molecule has 1 heterocycles. The van der Waals surface area contributed by atoms with Crippen molar-refractivity contribution in [2.24, 2.45) is 0 Å². The molecule has 0 bridgehead atoms. The summed E-state index contributed by atoms with van der Waals surface area (Å²) >= 11 is 0. The number of piperidine rings is 1. The number of hydrogen-bond acceptors (Lipinski definition) is 2. The second-order valence-corrected chi connectivity index (χ2v) is 6.26. The second-order valence-electron chi connectivity index (χ2n) is 6.26. The first-order valence-corrected chi connectivity index (χ1v) is 8.25. The third kappa shape index (κ3) is 2.89. The standard InChI is InChI=1S/C20H23NO2/c1-2-21-14-13-20(19(22)23,17-11-7-4-8-12-17)15-18(21)16-9-5-3-6-10-16/h3-12,18H,2,13-15H2,1H3,(H,22,23). The zero-order chi connectivity index (χ0) is 16.3. The monoisotopic (exact) mass is 309 g/mol. The Morgan fingerprint density at radius 2 is 1.74 bits per heavy atom. The van der Waals surface area contributed by atoms with Gasteiger partial charge in [0.25, 0.3) is 0 Å². The van der Waals surface area contributed by atoms with Crippen LogP contribution in [0.15, 0.2) is 60.7 Å². The number of nitrogens with zero attached hydrogens (tertiary/aromatic N) is 1. The molecule has 1 N–H and O–H groups in total. The van der Waals surface area contributed by atoms with Crippen molar-refractivity contribution in [3.8, 4) is 0 Å². The van der Waals surface area contributed by atoms with Crippen LogP contribution in [-0.4, -0.2) is 29.1 Å². The third-order valence-corrected chi connectivity index (χ3v) is 5.13. The van der Waals surface area contributed by atoms with Crippen molar-refractivity contribution in [1.82, 2.24) is 4.90 Å². The van der Waals surface area contributed by atoms with Crippen molar-refractivity contribution in [1.29, 1.82) is 0 Å². The molecule has 1 fully saturated rings. The van der Waals surface area contributed by atoms with Crippen LogP contribution in [0.1, 0.15) is 36.9 Å². The van der Waals surface area contributed by atoms with Crippen LogP contribution in [0, 0.1) is 0 Å². The highest BCUT2D eigenvalue weighted by Crippen LogP contribution is 2.44. The Morgan fingerprint density at radius 3 is 2.30 bits per heavy atom. The highest BCUT2D eigenvalue weighted by molar-refractivity contribution is 5.81. The molecule has 3 rings (SSSR count). The molecule has 3 heteroatoms. The van der Waals surface area contributed by atoms with Crippen LogP contribution in [0.4, 0.5) is 0 Å². The van der Waals surface area contributed by atoms with Crippen molar-refractivity contribution in [2.45, 2.75) is 31.2 Å². The van der Waals surface area contributed by atoms with Crippen molar-refractivity contribution < 1.29 is 9.90 Å². The van der Waals surface area contributed by atoms with Gasteiger partial charge in [0.15, 0.2) is 0 Å². The third-order valence-electron chi connectivity index (χ3n) is 5.13. The molecule has 120 valence electrons. The second kappa shape index (κ2) is 6.55. The number of carboxylic acid groups (broad SMARTS) is 1. The van der Waals surface area contributed by atoms with E-state index in [2.05, 4.69) is 24.0 Å². The summed E-state index contributed by atoms with van der Waals surface area (Å²) in [5, 5.41) is 10.0. The van der Waals surface area contributed by atoms with E-state index in [-0.39, 0.29) is 6.04 Å². The number of benzene rings is 2. The van der Waals surface area contributed by atoms with E-state index in [1.54, 1.807) is 0 Å². The molecule has 1 aliphatic rings. The number of aliphatic carboxylic acids is 1. The summed E-state index contributed by atoms with van der Waals surface area (Å²) < 4.78 is 0. The molecule has 1 aliphatic heterocycles. The lowest BCUT2D eigenvalue weighted by atomic mass is 9.69. The molecule has 0 aliphatic carbocycles. The molecule has 1 saturated heterocycles. The maximum atomic E-state index is 12.2. The van der Waals surface area contributed by atoms with E-state index in [0.29, 0.717) is 12.8 Å². The van der Waals surface area contributed by atoms with Crippen LogP contribution >= 0.6 is 0 Å². The average molecular weight is 309 g/mol. The molecule has 0 saturated carbocycles. The van der Waals surface area contributed by atoms with Crippen LogP contribution < -0.4 is 0 Å². The fraction of sp³-hybridized carbons (Fsp3) is 0.350. The highest BCUT2D eigenvalue weighted by atomic mass is 16.4. The number of likely N-dealkylation sites (tertiary alicyclic amines) is 1. The predicted molar refractivity (Wildman–Crippen MR) is 91.4 cm³/mol. The van der Waals surface area contributed by atoms with Gasteiger partial charge in [-0.1, -0.05) is 67.6 Å². The van der Waals surface area contributed by atoms with Crippen LogP contribution in [-0.2, 0) is 10.2 Å². The van der Waals surface area contributed by atoms with E-state index in [9.17, 15) is 9.90 Å². The van der Waals surface area contributed by atoms with E-state index in [1.807, 2.05) is 48.5 Å². The Bertz CT molecular complexity index is 656. The largest absolute Gasteiger partial charge is 0.481 e. The van der Waals surface area contributed by atoms with Gasteiger partial charge >= 0.3 is 5.97 Å². The average Bonchev–Trinajstić information content (AvgIpc) is 2.62. The molecule has 2 aromatic rings. The molecule has 2 atom stereocenters. The topological polar surface area (TPSA) is 40.5 Å². The summed E-state index contributed by atoms with van der Waals surface area (Å²) in [7, 11) is 0. The highest BCUT2D eigenvalue weighted by Gasteiger charge is 2.46. The van der Waals surface area contributed by atoms with E-state index in [0.717, 1.165) is 18.7 Å². The number of carbonyl (C=O) groups is 1. The molecule has 0 spiro atoms. The van der Waals surface area contributed by atoms with E-state index >= 15 is 0 Å². The van der Waals surface area contributed by atoms with Gasteiger partial charge in [0.05, 0.1) is 5.41 Å².